The second-order valence-electron chi connectivity index (χ2n) is 3.20. The van der Waals surface area contributed by atoms with Gasteiger partial charge in [-0.2, -0.15) is 0 Å². The quantitative estimate of drug-likeness (QED) is 0.862. The van der Waals surface area contributed by atoms with Gasteiger partial charge in [0.25, 0.3) is 0 Å². The molecule has 1 N–H and O–H groups in total. The van der Waals surface area contributed by atoms with Crippen molar-refractivity contribution >= 4 is 0 Å². The smallest absolute Gasteiger partial charge is 0.219 e. The van der Waals surface area contributed by atoms with Crippen LogP contribution in [-0.4, -0.2) is 10.1 Å². The van der Waals surface area contributed by atoms with Crippen LogP contribution in [0.5, 0.6) is 11.6 Å². The molecule has 0 fully saturated rings. The fourth-order valence-corrected chi connectivity index (χ4v) is 1.20. The van der Waals surface area contributed by atoms with E-state index in [-0.39, 0.29) is 12.4 Å². The first-order valence-electron chi connectivity index (χ1n) is 4.78. The molecule has 0 spiro atoms. The summed E-state index contributed by atoms with van der Waals surface area (Å²) in [6, 6.07) is 9.36. The number of hydrogen-bond donors (Lipinski definition) is 1. The van der Waals surface area contributed by atoms with Crippen LogP contribution in [0.1, 0.15) is 5.56 Å². The molecule has 1 aromatic carbocycles. The molecule has 16 heavy (non-hydrogen) atoms. The molecule has 0 saturated heterocycles. The molecule has 0 aliphatic heterocycles. The van der Waals surface area contributed by atoms with E-state index in [1.54, 1.807) is 24.3 Å². The van der Waals surface area contributed by atoms with E-state index in [4.69, 9.17) is 9.84 Å². The number of hydrogen-bond acceptors (Lipinski definition) is 3. The standard InChI is InChI=1S/C12H10FNO2/c13-10-3-1-2-4-11(10)16-12-6-5-9(8-15)7-14-12/h1-7,15H,8H2. The summed E-state index contributed by atoms with van der Waals surface area (Å²) in [7, 11) is 0. The first-order valence-corrected chi connectivity index (χ1v) is 4.78. The molecule has 1 heterocycles. The number of aromatic nitrogens is 1. The summed E-state index contributed by atoms with van der Waals surface area (Å²) in [5.74, 6) is -0.00965. The average molecular weight is 219 g/mol. The number of halogens is 1. The lowest BCUT2D eigenvalue weighted by atomic mass is 10.3. The van der Waals surface area contributed by atoms with Crippen LogP contribution >= 0.6 is 0 Å². The molecule has 82 valence electrons. The molecule has 0 radical (unpaired) electrons. The number of benzene rings is 1. The maximum absolute atomic E-state index is 13.2. The van der Waals surface area contributed by atoms with Crippen LogP contribution in [0, 0.1) is 5.82 Å². The molecule has 0 aliphatic rings. The van der Waals surface area contributed by atoms with Gasteiger partial charge in [-0.15, -0.1) is 0 Å². The predicted molar refractivity (Wildman–Crippen MR) is 56.6 cm³/mol. The highest BCUT2D eigenvalue weighted by molar-refractivity contribution is 5.29. The van der Waals surface area contributed by atoms with Gasteiger partial charge in [-0.1, -0.05) is 12.1 Å². The van der Waals surface area contributed by atoms with Gasteiger partial charge in [-0.05, 0) is 23.8 Å². The largest absolute Gasteiger partial charge is 0.436 e. The third kappa shape index (κ3) is 2.35. The molecule has 4 heteroatoms. The van der Waals surface area contributed by atoms with Gasteiger partial charge in [0.1, 0.15) is 0 Å². The van der Waals surface area contributed by atoms with Gasteiger partial charge in [0.2, 0.25) is 5.88 Å². The number of ether oxygens (including phenoxy) is 1. The lowest BCUT2D eigenvalue weighted by Gasteiger charge is -2.05. The summed E-state index contributed by atoms with van der Waals surface area (Å²) in [4.78, 5) is 3.94. The van der Waals surface area contributed by atoms with Crippen LogP contribution in [0.3, 0.4) is 0 Å². The molecule has 0 saturated carbocycles. The Labute approximate surface area is 92.1 Å². The summed E-state index contributed by atoms with van der Waals surface area (Å²) >= 11 is 0. The summed E-state index contributed by atoms with van der Waals surface area (Å²) in [6.07, 6.45) is 1.48. The first-order chi connectivity index (χ1) is 7.79. The van der Waals surface area contributed by atoms with Gasteiger partial charge in [-0.3, -0.25) is 0 Å². The Balaban J connectivity index is 2.18. The molecule has 0 aliphatic carbocycles. The molecule has 0 unspecified atom stereocenters. The Kier molecular flexibility index (Phi) is 3.12. The molecule has 2 rings (SSSR count). The normalized spacial score (nSPS) is 10.1. The van der Waals surface area contributed by atoms with E-state index in [1.807, 2.05) is 0 Å². The van der Waals surface area contributed by atoms with Crippen LogP contribution in [0.4, 0.5) is 4.39 Å². The minimum absolute atomic E-state index is 0.0764. The number of nitrogens with zero attached hydrogens (tertiary/aromatic N) is 1. The molecule has 2 aromatic rings. The third-order valence-electron chi connectivity index (χ3n) is 2.03. The van der Waals surface area contributed by atoms with Crippen molar-refractivity contribution in [2.45, 2.75) is 6.61 Å². The number of aliphatic hydroxyl groups excluding tert-OH is 1. The van der Waals surface area contributed by atoms with Gasteiger partial charge in [0.15, 0.2) is 11.6 Å². The number of rotatable bonds is 3. The second kappa shape index (κ2) is 4.72. The van der Waals surface area contributed by atoms with Crippen LogP contribution in [0.2, 0.25) is 0 Å². The molecular formula is C12H10FNO2. The van der Waals surface area contributed by atoms with Crippen molar-refractivity contribution < 1.29 is 14.2 Å². The topological polar surface area (TPSA) is 42.4 Å². The predicted octanol–water partition coefficient (Wildman–Crippen LogP) is 2.51. The van der Waals surface area contributed by atoms with E-state index in [9.17, 15) is 4.39 Å². The summed E-state index contributed by atoms with van der Waals surface area (Å²) < 4.78 is 18.5. The van der Waals surface area contributed by atoms with Crippen molar-refractivity contribution in [3.05, 3.63) is 54.0 Å². The molecule has 0 amide bonds. The zero-order valence-electron chi connectivity index (χ0n) is 8.43. The Morgan fingerprint density at radius 1 is 1.19 bits per heavy atom. The van der Waals surface area contributed by atoms with Crippen molar-refractivity contribution in [2.24, 2.45) is 0 Å². The average Bonchev–Trinajstić information content (AvgIpc) is 2.33. The van der Waals surface area contributed by atoms with E-state index in [1.165, 1.54) is 18.3 Å². The lowest BCUT2D eigenvalue weighted by Crippen LogP contribution is -1.91. The van der Waals surface area contributed by atoms with E-state index in [0.29, 0.717) is 11.4 Å². The van der Waals surface area contributed by atoms with E-state index in [2.05, 4.69) is 4.98 Å². The van der Waals surface area contributed by atoms with E-state index < -0.39 is 5.82 Å². The lowest BCUT2D eigenvalue weighted by molar-refractivity contribution is 0.281. The molecular weight excluding hydrogens is 209 g/mol. The number of pyridine rings is 1. The van der Waals surface area contributed by atoms with Crippen molar-refractivity contribution in [3.63, 3.8) is 0 Å². The summed E-state index contributed by atoms with van der Waals surface area (Å²) in [6.45, 7) is -0.0764. The molecule has 0 bridgehead atoms. The molecule has 0 atom stereocenters. The number of para-hydroxylation sites is 1. The third-order valence-corrected chi connectivity index (χ3v) is 2.03. The van der Waals surface area contributed by atoms with Crippen molar-refractivity contribution in [1.29, 1.82) is 0 Å². The molecule has 3 nitrogen and oxygen atoms in total. The van der Waals surface area contributed by atoms with Crippen LogP contribution in [0.25, 0.3) is 0 Å². The van der Waals surface area contributed by atoms with Crippen molar-refractivity contribution in [2.75, 3.05) is 0 Å². The highest BCUT2D eigenvalue weighted by atomic mass is 19.1. The summed E-state index contributed by atoms with van der Waals surface area (Å²) in [5.41, 5.74) is 0.681. The number of aliphatic hydroxyl groups is 1. The highest BCUT2D eigenvalue weighted by Gasteiger charge is 2.03. The van der Waals surface area contributed by atoms with Crippen LogP contribution in [-0.2, 0) is 6.61 Å². The van der Waals surface area contributed by atoms with Crippen molar-refractivity contribution in [3.8, 4) is 11.6 Å². The van der Waals surface area contributed by atoms with Gasteiger partial charge >= 0.3 is 0 Å². The maximum Gasteiger partial charge on any atom is 0.219 e. The minimum atomic E-state index is -0.435. The fourth-order valence-electron chi connectivity index (χ4n) is 1.20. The maximum atomic E-state index is 13.2. The molecule has 1 aromatic heterocycles. The Bertz CT molecular complexity index is 471. The Hall–Kier alpha value is -1.94. The Morgan fingerprint density at radius 3 is 2.62 bits per heavy atom. The first kappa shape index (κ1) is 10.6. The zero-order valence-corrected chi connectivity index (χ0v) is 8.43. The minimum Gasteiger partial charge on any atom is -0.436 e. The monoisotopic (exact) mass is 219 g/mol. The van der Waals surface area contributed by atoms with Gasteiger partial charge < -0.3 is 9.84 Å². The highest BCUT2D eigenvalue weighted by Crippen LogP contribution is 2.22. The Morgan fingerprint density at radius 2 is 2.00 bits per heavy atom. The summed E-state index contributed by atoms with van der Waals surface area (Å²) in [5, 5.41) is 8.82. The SMILES string of the molecule is OCc1ccc(Oc2ccccc2F)nc1. The van der Waals surface area contributed by atoms with Crippen LogP contribution < -0.4 is 4.74 Å². The fraction of sp³-hybridized carbons (Fsp3) is 0.0833. The van der Waals surface area contributed by atoms with E-state index >= 15 is 0 Å². The van der Waals surface area contributed by atoms with Crippen LogP contribution in [0.15, 0.2) is 42.6 Å². The van der Waals surface area contributed by atoms with Gasteiger partial charge in [-0.25, -0.2) is 9.37 Å². The van der Waals surface area contributed by atoms with Crippen molar-refractivity contribution in [1.82, 2.24) is 4.98 Å². The van der Waals surface area contributed by atoms with E-state index in [0.717, 1.165) is 0 Å². The van der Waals surface area contributed by atoms with Gasteiger partial charge in [0, 0.05) is 12.3 Å². The van der Waals surface area contributed by atoms with Gasteiger partial charge in [0.05, 0.1) is 6.61 Å². The zero-order chi connectivity index (χ0) is 11.4. The second-order valence-corrected chi connectivity index (χ2v) is 3.20.